The number of ether oxygens (including phenoxy) is 3. The van der Waals surface area contributed by atoms with Crippen LogP contribution in [0.3, 0.4) is 0 Å². The molecule has 4 rings (SSSR count). The van der Waals surface area contributed by atoms with Crippen LogP contribution in [0.25, 0.3) is 0 Å². The zero-order chi connectivity index (χ0) is 22.7. The number of hydrogen-bond acceptors (Lipinski definition) is 7. The van der Waals surface area contributed by atoms with E-state index in [0.29, 0.717) is 28.9 Å². The third-order valence-electron chi connectivity index (χ3n) is 4.94. The Bertz CT molecular complexity index is 1130. The van der Waals surface area contributed by atoms with Gasteiger partial charge in [-0.25, -0.2) is 0 Å². The fourth-order valence-corrected chi connectivity index (χ4v) is 4.22. The van der Waals surface area contributed by atoms with E-state index in [1.807, 2.05) is 30.5 Å². The van der Waals surface area contributed by atoms with Crippen molar-refractivity contribution < 1.29 is 19.0 Å². The summed E-state index contributed by atoms with van der Waals surface area (Å²) in [7, 11) is 0. The van der Waals surface area contributed by atoms with Crippen molar-refractivity contribution in [3.8, 4) is 17.2 Å². The van der Waals surface area contributed by atoms with E-state index in [2.05, 4.69) is 35.4 Å². The molecule has 0 aliphatic carbocycles. The fourth-order valence-electron chi connectivity index (χ4n) is 3.33. The van der Waals surface area contributed by atoms with E-state index < -0.39 is 0 Å². The smallest absolute Gasteiger partial charge is 0.234 e. The van der Waals surface area contributed by atoms with Crippen molar-refractivity contribution >= 4 is 23.4 Å². The monoisotopic (exact) mass is 454 g/mol. The third-order valence-corrected chi connectivity index (χ3v) is 5.88. The lowest BCUT2D eigenvalue weighted by Crippen LogP contribution is -2.15. The molecule has 0 spiro atoms. The number of carbonyl (C=O) groups is 1. The Morgan fingerprint density at radius 3 is 2.78 bits per heavy atom. The van der Waals surface area contributed by atoms with Gasteiger partial charge < -0.3 is 24.1 Å². The molecule has 0 saturated carbocycles. The zero-order valence-corrected chi connectivity index (χ0v) is 19.4. The normalized spacial score (nSPS) is 12.3. The summed E-state index contributed by atoms with van der Waals surface area (Å²) in [6.07, 6.45) is 0. The van der Waals surface area contributed by atoms with Crippen molar-refractivity contribution in [2.45, 2.75) is 45.5 Å². The van der Waals surface area contributed by atoms with Crippen LogP contribution in [0.4, 0.5) is 5.69 Å². The summed E-state index contributed by atoms with van der Waals surface area (Å²) in [5, 5.41) is 12.2. The molecule has 2 heterocycles. The molecule has 168 valence electrons. The van der Waals surface area contributed by atoms with Crippen LogP contribution in [-0.4, -0.2) is 33.2 Å². The third kappa shape index (κ3) is 4.99. The van der Waals surface area contributed by atoms with Crippen LogP contribution in [0.1, 0.15) is 36.8 Å². The first-order valence-electron chi connectivity index (χ1n) is 10.4. The average molecular weight is 455 g/mol. The molecule has 32 heavy (non-hydrogen) atoms. The van der Waals surface area contributed by atoms with E-state index in [0.717, 1.165) is 22.7 Å². The Hall–Kier alpha value is -3.20. The van der Waals surface area contributed by atoms with Gasteiger partial charge in [-0.05, 0) is 57.0 Å². The van der Waals surface area contributed by atoms with Crippen LogP contribution in [0.2, 0.25) is 0 Å². The lowest BCUT2D eigenvalue weighted by molar-refractivity contribution is -0.113. The second-order valence-electron chi connectivity index (χ2n) is 7.83. The first-order chi connectivity index (χ1) is 15.4. The molecule has 0 bridgehead atoms. The number of aromatic nitrogens is 3. The molecule has 0 unspecified atom stereocenters. The number of nitrogens with zero attached hydrogens (tertiary/aromatic N) is 3. The standard InChI is InChI=1S/C23H26N4O4S/c1-14(2)27-21(11-29-19-9-15(3)5-6-16(19)4)25-26-23(27)32-12-22(28)24-17-7-8-18-20(10-17)31-13-30-18/h5-10,14H,11-13H2,1-4H3,(H,24,28). The van der Waals surface area contributed by atoms with Crippen molar-refractivity contribution in [2.24, 2.45) is 0 Å². The van der Waals surface area contributed by atoms with Gasteiger partial charge in [0.25, 0.3) is 0 Å². The number of thioether (sulfide) groups is 1. The van der Waals surface area contributed by atoms with Crippen molar-refractivity contribution in [3.05, 3.63) is 53.3 Å². The molecule has 9 heteroatoms. The second kappa shape index (κ2) is 9.52. The highest BCUT2D eigenvalue weighted by molar-refractivity contribution is 7.99. The maximum Gasteiger partial charge on any atom is 0.234 e. The largest absolute Gasteiger partial charge is 0.485 e. The molecule has 3 aromatic rings. The molecule has 1 N–H and O–H groups in total. The van der Waals surface area contributed by atoms with Crippen molar-refractivity contribution in [3.63, 3.8) is 0 Å². The Kier molecular flexibility index (Phi) is 6.55. The average Bonchev–Trinajstić information content (AvgIpc) is 3.39. The lowest BCUT2D eigenvalue weighted by atomic mass is 10.1. The Labute approximate surface area is 191 Å². The summed E-state index contributed by atoms with van der Waals surface area (Å²) in [5.41, 5.74) is 2.87. The van der Waals surface area contributed by atoms with Crippen LogP contribution in [-0.2, 0) is 11.4 Å². The summed E-state index contributed by atoms with van der Waals surface area (Å²) in [5.74, 6) is 2.93. The Balaban J connectivity index is 1.38. The number of amides is 1. The summed E-state index contributed by atoms with van der Waals surface area (Å²) in [6, 6.07) is 11.6. The molecule has 0 radical (unpaired) electrons. The summed E-state index contributed by atoms with van der Waals surface area (Å²) in [6.45, 7) is 8.67. The SMILES string of the molecule is Cc1ccc(C)c(OCc2nnc(SCC(=O)Nc3ccc4c(c3)OCO4)n2C(C)C)c1. The van der Waals surface area contributed by atoms with Crippen LogP contribution in [0, 0.1) is 13.8 Å². The first-order valence-corrected chi connectivity index (χ1v) is 11.4. The summed E-state index contributed by atoms with van der Waals surface area (Å²) in [4.78, 5) is 12.5. The van der Waals surface area contributed by atoms with Crippen LogP contribution >= 0.6 is 11.8 Å². The highest BCUT2D eigenvalue weighted by Gasteiger charge is 2.18. The van der Waals surface area contributed by atoms with E-state index in [1.54, 1.807) is 18.2 Å². The highest BCUT2D eigenvalue weighted by atomic mass is 32.2. The lowest BCUT2D eigenvalue weighted by Gasteiger charge is -2.15. The molecule has 0 fully saturated rings. The fraction of sp³-hybridized carbons (Fsp3) is 0.348. The zero-order valence-electron chi connectivity index (χ0n) is 18.5. The molecule has 2 aromatic carbocycles. The van der Waals surface area contributed by atoms with Gasteiger partial charge in [0.05, 0.1) is 5.75 Å². The first kappa shape index (κ1) is 22.0. The van der Waals surface area contributed by atoms with Gasteiger partial charge in [0, 0.05) is 17.8 Å². The van der Waals surface area contributed by atoms with Gasteiger partial charge in [-0.3, -0.25) is 4.79 Å². The second-order valence-corrected chi connectivity index (χ2v) is 8.77. The van der Waals surface area contributed by atoms with Gasteiger partial charge in [-0.1, -0.05) is 23.9 Å². The summed E-state index contributed by atoms with van der Waals surface area (Å²) < 4.78 is 18.7. The van der Waals surface area contributed by atoms with Gasteiger partial charge in [0.15, 0.2) is 22.5 Å². The van der Waals surface area contributed by atoms with Crippen LogP contribution in [0.5, 0.6) is 17.2 Å². The van der Waals surface area contributed by atoms with Gasteiger partial charge >= 0.3 is 0 Å². The molecule has 8 nitrogen and oxygen atoms in total. The molecular formula is C23H26N4O4S. The van der Waals surface area contributed by atoms with E-state index in [-0.39, 0.29) is 24.5 Å². The number of fused-ring (bicyclic) bond motifs is 1. The number of benzene rings is 2. The number of nitrogens with one attached hydrogen (secondary N) is 1. The van der Waals surface area contributed by atoms with Crippen LogP contribution in [0.15, 0.2) is 41.6 Å². The van der Waals surface area contributed by atoms with Crippen molar-refractivity contribution in [2.75, 3.05) is 17.9 Å². The minimum Gasteiger partial charge on any atom is -0.485 e. The topological polar surface area (TPSA) is 87.5 Å². The van der Waals surface area contributed by atoms with Gasteiger partial charge in [0.2, 0.25) is 12.7 Å². The number of hydrogen-bond donors (Lipinski definition) is 1. The predicted octanol–water partition coefficient (Wildman–Crippen LogP) is 4.51. The minimum atomic E-state index is -0.139. The summed E-state index contributed by atoms with van der Waals surface area (Å²) >= 11 is 1.34. The maximum absolute atomic E-state index is 12.5. The molecular weight excluding hydrogens is 428 g/mol. The van der Waals surface area contributed by atoms with E-state index in [9.17, 15) is 4.79 Å². The maximum atomic E-state index is 12.5. The number of rotatable bonds is 8. The highest BCUT2D eigenvalue weighted by Crippen LogP contribution is 2.34. The molecule has 0 saturated heterocycles. The predicted molar refractivity (Wildman–Crippen MR) is 123 cm³/mol. The van der Waals surface area contributed by atoms with Gasteiger partial charge in [-0.2, -0.15) is 0 Å². The van der Waals surface area contributed by atoms with E-state index in [1.165, 1.54) is 11.8 Å². The molecule has 0 atom stereocenters. The van der Waals surface area contributed by atoms with Gasteiger partial charge in [-0.15, -0.1) is 10.2 Å². The van der Waals surface area contributed by atoms with Crippen molar-refractivity contribution in [1.82, 2.24) is 14.8 Å². The van der Waals surface area contributed by atoms with E-state index >= 15 is 0 Å². The molecule has 1 aliphatic heterocycles. The molecule has 1 aliphatic rings. The molecule has 1 amide bonds. The Morgan fingerprint density at radius 1 is 1.16 bits per heavy atom. The van der Waals surface area contributed by atoms with Gasteiger partial charge in [0.1, 0.15) is 12.4 Å². The minimum absolute atomic E-state index is 0.127. The number of carbonyl (C=O) groups excluding carboxylic acids is 1. The van der Waals surface area contributed by atoms with E-state index in [4.69, 9.17) is 14.2 Å². The quantitative estimate of drug-likeness (QED) is 0.501. The molecule has 1 aromatic heterocycles. The van der Waals surface area contributed by atoms with Crippen molar-refractivity contribution in [1.29, 1.82) is 0 Å². The van der Waals surface area contributed by atoms with Crippen LogP contribution < -0.4 is 19.5 Å². The number of anilines is 1. The Morgan fingerprint density at radius 2 is 1.97 bits per heavy atom. The number of aryl methyl sites for hydroxylation is 2.